The first-order chi connectivity index (χ1) is 14.5. The van der Waals surface area contributed by atoms with E-state index in [1.807, 2.05) is 24.3 Å². The lowest BCUT2D eigenvalue weighted by Gasteiger charge is -2.26. The van der Waals surface area contributed by atoms with Gasteiger partial charge in [0.25, 0.3) is 0 Å². The lowest BCUT2D eigenvalue weighted by atomic mass is 9.96. The van der Waals surface area contributed by atoms with E-state index in [2.05, 4.69) is 0 Å². The molecule has 4 rings (SSSR count). The standard InChI is InChI=1S/C23H23F2NO4/c24-19-13-16(14-20(25)23(19)29-11-3-8-22(27)28)26-10-9-15-12-18(6-2-7-21(15)26)30-17-4-1-5-17/h2,6,9-10,12-14,17H,1,3-5,7-8,11H2,(H,27,28). The predicted octanol–water partition coefficient (Wildman–Crippen LogP) is 5.02. The van der Waals surface area contributed by atoms with Crippen molar-refractivity contribution in [3.63, 3.8) is 0 Å². The summed E-state index contributed by atoms with van der Waals surface area (Å²) in [5.41, 5.74) is 2.21. The highest BCUT2D eigenvalue weighted by Gasteiger charge is 2.21. The summed E-state index contributed by atoms with van der Waals surface area (Å²) in [6.45, 7) is -0.0717. The molecule has 1 N–H and O–H groups in total. The van der Waals surface area contributed by atoms with Gasteiger partial charge in [0.2, 0.25) is 0 Å². The Hall–Kier alpha value is -3.09. The minimum atomic E-state index is -0.979. The molecule has 0 bridgehead atoms. The van der Waals surface area contributed by atoms with Crippen molar-refractivity contribution in [3.8, 4) is 11.4 Å². The Balaban J connectivity index is 1.54. The number of hydrogen-bond donors (Lipinski definition) is 1. The number of carbonyl (C=O) groups is 1. The molecule has 1 aromatic carbocycles. The lowest BCUT2D eigenvalue weighted by molar-refractivity contribution is -0.137. The quantitative estimate of drug-likeness (QED) is 0.615. The van der Waals surface area contributed by atoms with E-state index in [4.69, 9.17) is 14.6 Å². The maximum atomic E-state index is 14.5. The first-order valence-corrected chi connectivity index (χ1v) is 10.1. The Morgan fingerprint density at radius 1 is 1.23 bits per heavy atom. The van der Waals surface area contributed by atoms with Crippen LogP contribution in [0.25, 0.3) is 11.8 Å². The van der Waals surface area contributed by atoms with E-state index in [0.29, 0.717) is 12.1 Å². The molecule has 2 aromatic rings. The lowest BCUT2D eigenvalue weighted by Crippen LogP contribution is -2.20. The molecule has 7 heteroatoms. The molecule has 0 atom stereocenters. The molecule has 158 valence electrons. The maximum Gasteiger partial charge on any atom is 0.303 e. The Morgan fingerprint density at radius 2 is 2.00 bits per heavy atom. The zero-order valence-electron chi connectivity index (χ0n) is 16.4. The summed E-state index contributed by atoms with van der Waals surface area (Å²) in [5, 5.41) is 8.63. The number of aliphatic carboxylic acids is 1. The average Bonchev–Trinajstić information content (AvgIpc) is 2.94. The van der Waals surface area contributed by atoms with Crippen molar-refractivity contribution in [2.45, 2.75) is 44.6 Å². The molecule has 0 unspecified atom stereocenters. The Labute approximate surface area is 173 Å². The van der Waals surface area contributed by atoms with Gasteiger partial charge in [-0.2, -0.15) is 0 Å². The van der Waals surface area contributed by atoms with Crippen LogP contribution < -0.4 is 4.74 Å². The van der Waals surface area contributed by atoms with E-state index in [9.17, 15) is 13.6 Å². The molecule has 1 saturated carbocycles. The van der Waals surface area contributed by atoms with Gasteiger partial charge in [0, 0.05) is 36.9 Å². The third kappa shape index (κ3) is 4.40. The smallest absolute Gasteiger partial charge is 0.303 e. The van der Waals surface area contributed by atoms with E-state index in [-0.39, 0.29) is 25.6 Å². The topological polar surface area (TPSA) is 60.7 Å². The highest BCUT2D eigenvalue weighted by molar-refractivity contribution is 5.66. The van der Waals surface area contributed by atoms with Crippen molar-refractivity contribution in [2.75, 3.05) is 6.61 Å². The van der Waals surface area contributed by atoms with Gasteiger partial charge < -0.3 is 19.1 Å². The van der Waals surface area contributed by atoms with Gasteiger partial charge in [0.05, 0.1) is 18.4 Å². The molecule has 2 aliphatic rings. The molecule has 0 saturated heterocycles. The van der Waals surface area contributed by atoms with Gasteiger partial charge in [-0.05, 0) is 49.5 Å². The molecular weight excluding hydrogens is 392 g/mol. The van der Waals surface area contributed by atoms with Gasteiger partial charge >= 0.3 is 5.97 Å². The summed E-state index contributed by atoms with van der Waals surface area (Å²) in [4.78, 5) is 10.5. The number of hydrogen-bond acceptors (Lipinski definition) is 3. The number of carboxylic acids is 1. The van der Waals surface area contributed by atoms with Crippen LogP contribution >= 0.6 is 0 Å². The van der Waals surface area contributed by atoms with Crippen molar-refractivity contribution in [1.82, 2.24) is 4.57 Å². The van der Waals surface area contributed by atoms with Gasteiger partial charge in [-0.25, -0.2) is 8.78 Å². The number of ether oxygens (including phenoxy) is 2. The van der Waals surface area contributed by atoms with E-state index in [1.165, 1.54) is 18.6 Å². The zero-order chi connectivity index (χ0) is 21.1. The molecule has 1 fully saturated rings. The van der Waals surface area contributed by atoms with Crippen molar-refractivity contribution >= 4 is 12.0 Å². The molecule has 30 heavy (non-hydrogen) atoms. The molecule has 1 heterocycles. The van der Waals surface area contributed by atoms with E-state index in [0.717, 1.165) is 29.9 Å². The molecule has 0 aliphatic heterocycles. The van der Waals surface area contributed by atoms with Crippen molar-refractivity contribution in [1.29, 1.82) is 0 Å². The largest absolute Gasteiger partial charge is 0.490 e. The number of halogens is 2. The number of nitrogens with zero attached hydrogens (tertiary/aromatic N) is 1. The van der Waals surface area contributed by atoms with E-state index in [1.54, 1.807) is 10.8 Å². The fourth-order valence-electron chi connectivity index (χ4n) is 3.53. The van der Waals surface area contributed by atoms with Crippen molar-refractivity contribution in [2.24, 2.45) is 0 Å². The van der Waals surface area contributed by atoms with Gasteiger partial charge in [0.1, 0.15) is 5.76 Å². The van der Waals surface area contributed by atoms with Gasteiger partial charge in [0.15, 0.2) is 17.4 Å². The number of allylic oxidation sites excluding steroid dienone is 2. The van der Waals surface area contributed by atoms with Crippen LogP contribution in [0.2, 0.25) is 0 Å². The highest BCUT2D eigenvalue weighted by Crippen LogP contribution is 2.31. The van der Waals surface area contributed by atoms with Crippen LogP contribution in [0.3, 0.4) is 0 Å². The minimum absolute atomic E-state index is 0.0717. The monoisotopic (exact) mass is 415 g/mol. The van der Waals surface area contributed by atoms with Crippen molar-refractivity contribution < 1.29 is 28.2 Å². The van der Waals surface area contributed by atoms with Crippen LogP contribution in [-0.4, -0.2) is 28.4 Å². The normalized spacial score (nSPS) is 15.7. The van der Waals surface area contributed by atoms with Crippen LogP contribution in [-0.2, 0) is 16.0 Å². The molecule has 1 aromatic heterocycles. The fraction of sp³-hybridized carbons (Fsp3) is 0.348. The van der Waals surface area contributed by atoms with E-state index >= 15 is 0 Å². The molecule has 0 radical (unpaired) electrons. The number of rotatable bonds is 8. The minimum Gasteiger partial charge on any atom is -0.490 e. The van der Waals surface area contributed by atoms with Gasteiger partial charge in [-0.1, -0.05) is 6.08 Å². The van der Waals surface area contributed by atoms with Crippen LogP contribution in [0.1, 0.15) is 43.4 Å². The van der Waals surface area contributed by atoms with Crippen LogP contribution in [0.15, 0.2) is 42.3 Å². The number of carboxylic acid groups (broad SMARTS) is 1. The predicted molar refractivity (Wildman–Crippen MR) is 108 cm³/mol. The number of benzene rings is 1. The number of aromatic nitrogens is 1. The zero-order valence-corrected chi connectivity index (χ0v) is 16.4. The summed E-state index contributed by atoms with van der Waals surface area (Å²) < 4.78 is 41.9. The fourth-order valence-corrected chi connectivity index (χ4v) is 3.53. The number of fused-ring (bicyclic) bond motifs is 1. The molecule has 2 aliphatic carbocycles. The van der Waals surface area contributed by atoms with Crippen LogP contribution in [0, 0.1) is 11.6 Å². The molecule has 0 amide bonds. The van der Waals surface area contributed by atoms with Gasteiger partial charge in [-0.15, -0.1) is 0 Å². The maximum absolute atomic E-state index is 14.5. The average molecular weight is 415 g/mol. The Bertz CT molecular complexity index is 982. The first-order valence-electron chi connectivity index (χ1n) is 10.1. The summed E-state index contributed by atoms with van der Waals surface area (Å²) in [6.07, 6.45) is 11.9. The molecule has 0 spiro atoms. The summed E-state index contributed by atoms with van der Waals surface area (Å²) in [7, 11) is 0. The van der Waals surface area contributed by atoms with Crippen molar-refractivity contribution in [3.05, 3.63) is 65.2 Å². The Morgan fingerprint density at radius 3 is 2.67 bits per heavy atom. The van der Waals surface area contributed by atoms with Crippen LogP contribution in [0.5, 0.6) is 5.75 Å². The first kappa shape index (κ1) is 20.2. The molecule has 5 nitrogen and oxygen atoms in total. The third-order valence-electron chi connectivity index (χ3n) is 5.32. The van der Waals surface area contributed by atoms with Crippen LogP contribution in [0.4, 0.5) is 8.78 Å². The second-order valence-electron chi connectivity index (χ2n) is 7.50. The summed E-state index contributed by atoms with van der Waals surface area (Å²) in [6, 6.07) is 4.35. The Kier molecular flexibility index (Phi) is 5.88. The molecular formula is C23H23F2NO4. The SMILES string of the molecule is O=C(O)CCCOc1c(F)cc(-n2ccc3c2CC=CC(OC2CCC2)=C3)cc1F. The van der Waals surface area contributed by atoms with E-state index < -0.39 is 23.4 Å². The summed E-state index contributed by atoms with van der Waals surface area (Å²) in [5.74, 6) is -2.31. The highest BCUT2D eigenvalue weighted by atomic mass is 19.1. The van der Waals surface area contributed by atoms with Gasteiger partial charge in [-0.3, -0.25) is 4.79 Å². The second-order valence-corrected chi connectivity index (χ2v) is 7.50. The second kappa shape index (κ2) is 8.73. The summed E-state index contributed by atoms with van der Waals surface area (Å²) >= 11 is 0. The third-order valence-corrected chi connectivity index (χ3v) is 5.32.